The molecule has 3 nitrogen and oxygen atoms in total. The van der Waals surface area contributed by atoms with Crippen LogP contribution in [0.4, 0.5) is 5.13 Å². The van der Waals surface area contributed by atoms with Gasteiger partial charge >= 0.3 is 0 Å². The molecule has 0 saturated carbocycles. The minimum absolute atomic E-state index is 0.553. The molecular formula is C17H19N3S. The molecule has 0 saturated heterocycles. The van der Waals surface area contributed by atoms with Gasteiger partial charge in [-0.3, -0.25) is 5.43 Å². The van der Waals surface area contributed by atoms with Crippen molar-refractivity contribution in [3.63, 3.8) is 0 Å². The van der Waals surface area contributed by atoms with Crippen LogP contribution in [-0.4, -0.2) is 11.2 Å². The van der Waals surface area contributed by atoms with Crippen molar-refractivity contribution >= 4 is 22.7 Å². The molecule has 2 aromatic rings. The van der Waals surface area contributed by atoms with Gasteiger partial charge in [0, 0.05) is 16.7 Å². The number of thiazole rings is 1. The first-order valence-electron chi connectivity index (χ1n) is 7.30. The van der Waals surface area contributed by atoms with Crippen molar-refractivity contribution in [2.24, 2.45) is 11.0 Å². The summed E-state index contributed by atoms with van der Waals surface area (Å²) in [5.41, 5.74) is 5.27. The first kappa shape index (κ1) is 14.0. The van der Waals surface area contributed by atoms with Crippen LogP contribution in [-0.2, 0) is 0 Å². The van der Waals surface area contributed by atoms with Crippen molar-refractivity contribution in [2.45, 2.75) is 26.2 Å². The monoisotopic (exact) mass is 297 g/mol. The van der Waals surface area contributed by atoms with E-state index in [0.717, 1.165) is 29.2 Å². The van der Waals surface area contributed by atoms with E-state index in [1.165, 1.54) is 11.3 Å². The van der Waals surface area contributed by atoms with Gasteiger partial charge in [-0.15, -0.1) is 11.3 Å². The number of rotatable bonds is 4. The Morgan fingerprint density at radius 1 is 1.29 bits per heavy atom. The summed E-state index contributed by atoms with van der Waals surface area (Å²) in [5, 5.41) is 5.21. The lowest BCUT2D eigenvalue weighted by Gasteiger charge is -2.11. The lowest BCUT2D eigenvalue weighted by molar-refractivity contribution is 0.627. The van der Waals surface area contributed by atoms with E-state index in [1.807, 2.05) is 24.4 Å². The molecule has 0 amide bonds. The highest BCUT2D eigenvalue weighted by atomic mass is 32.1. The molecule has 1 aromatic carbocycles. The molecule has 0 fully saturated rings. The van der Waals surface area contributed by atoms with E-state index >= 15 is 0 Å². The van der Waals surface area contributed by atoms with Crippen molar-refractivity contribution in [3.8, 4) is 11.3 Å². The maximum Gasteiger partial charge on any atom is 0.204 e. The summed E-state index contributed by atoms with van der Waals surface area (Å²) in [6.45, 7) is 2.10. The number of aromatic nitrogens is 1. The number of allylic oxidation sites excluding steroid dienone is 2. The molecular weight excluding hydrogens is 278 g/mol. The van der Waals surface area contributed by atoms with Gasteiger partial charge in [0.25, 0.3) is 0 Å². The fraction of sp³-hybridized carbons (Fsp3) is 0.294. The van der Waals surface area contributed by atoms with Crippen LogP contribution in [0.2, 0.25) is 0 Å². The summed E-state index contributed by atoms with van der Waals surface area (Å²) in [4.78, 5) is 5.85. The SMILES string of the molecule is Cc1sc(N/N=C/C2CC=CCC2)nc1-c1ccccc1. The van der Waals surface area contributed by atoms with Crippen molar-refractivity contribution in [1.29, 1.82) is 0 Å². The van der Waals surface area contributed by atoms with E-state index in [1.54, 1.807) is 11.3 Å². The number of hydrogen-bond donors (Lipinski definition) is 1. The zero-order chi connectivity index (χ0) is 14.5. The van der Waals surface area contributed by atoms with E-state index in [2.05, 4.69) is 46.7 Å². The third-order valence-electron chi connectivity index (χ3n) is 3.60. The maximum atomic E-state index is 4.64. The second-order valence-corrected chi connectivity index (χ2v) is 6.43. The molecule has 1 aromatic heterocycles. The number of hydrogen-bond acceptors (Lipinski definition) is 4. The van der Waals surface area contributed by atoms with Crippen molar-refractivity contribution in [3.05, 3.63) is 47.4 Å². The molecule has 1 N–H and O–H groups in total. The Morgan fingerprint density at radius 3 is 2.90 bits per heavy atom. The van der Waals surface area contributed by atoms with Crippen LogP contribution in [0.3, 0.4) is 0 Å². The topological polar surface area (TPSA) is 37.3 Å². The Morgan fingerprint density at radius 2 is 2.14 bits per heavy atom. The van der Waals surface area contributed by atoms with Crippen LogP contribution in [0.1, 0.15) is 24.1 Å². The van der Waals surface area contributed by atoms with Gasteiger partial charge in [0.2, 0.25) is 5.13 Å². The molecule has 1 atom stereocenters. The summed E-state index contributed by atoms with van der Waals surface area (Å²) in [6, 6.07) is 10.3. The number of nitrogens with zero attached hydrogens (tertiary/aromatic N) is 2. The van der Waals surface area contributed by atoms with E-state index in [4.69, 9.17) is 0 Å². The predicted octanol–water partition coefficient (Wildman–Crippen LogP) is 4.87. The molecule has 1 heterocycles. The number of benzene rings is 1. The van der Waals surface area contributed by atoms with Crippen LogP contribution >= 0.6 is 11.3 Å². The van der Waals surface area contributed by atoms with Gasteiger partial charge in [-0.1, -0.05) is 42.5 Å². The molecule has 1 aliphatic carbocycles. The zero-order valence-electron chi connectivity index (χ0n) is 12.1. The minimum atomic E-state index is 0.553. The van der Waals surface area contributed by atoms with E-state index in [9.17, 15) is 0 Å². The van der Waals surface area contributed by atoms with Gasteiger partial charge < -0.3 is 0 Å². The minimum Gasteiger partial charge on any atom is -0.253 e. The molecule has 0 bridgehead atoms. The summed E-state index contributed by atoms with van der Waals surface area (Å²) in [7, 11) is 0. The molecule has 0 radical (unpaired) electrons. The first-order valence-corrected chi connectivity index (χ1v) is 8.11. The lowest BCUT2D eigenvalue weighted by atomic mass is 9.96. The van der Waals surface area contributed by atoms with Gasteiger partial charge in [-0.25, -0.2) is 4.98 Å². The molecule has 1 aliphatic rings. The van der Waals surface area contributed by atoms with Crippen LogP contribution in [0.15, 0.2) is 47.6 Å². The van der Waals surface area contributed by atoms with E-state index in [0.29, 0.717) is 5.92 Å². The van der Waals surface area contributed by atoms with Gasteiger partial charge in [-0.05, 0) is 32.1 Å². The Balaban J connectivity index is 1.67. The Hall–Kier alpha value is -1.94. The van der Waals surface area contributed by atoms with E-state index < -0.39 is 0 Å². The molecule has 0 aliphatic heterocycles. The van der Waals surface area contributed by atoms with Crippen LogP contribution in [0.5, 0.6) is 0 Å². The number of aryl methyl sites for hydroxylation is 1. The maximum absolute atomic E-state index is 4.64. The third-order valence-corrected chi connectivity index (χ3v) is 4.47. The highest BCUT2D eigenvalue weighted by molar-refractivity contribution is 7.15. The largest absolute Gasteiger partial charge is 0.253 e. The van der Waals surface area contributed by atoms with Gasteiger partial charge in [-0.2, -0.15) is 5.10 Å². The molecule has 108 valence electrons. The average Bonchev–Trinajstić information content (AvgIpc) is 2.90. The summed E-state index contributed by atoms with van der Waals surface area (Å²) in [5.74, 6) is 0.553. The predicted molar refractivity (Wildman–Crippen MR) is 90.9 cm³/mol. The van der Waals surface area contributed by atoms with Gasteiger partial charge in [0.1, 0.15) is 0 Å². The number of anilines is 1. The smallest absolute Gasteiger partial charge is 0.204 e. The highest BCUT2D eigenvalue weighted by Crippen LogP contribution is 2.30. The molecule has 4 heteroatoms. The summed E-state index contributed by atoms with van der Waals surface area (Å²) >= 11 is 1.65. The lowest BCUT2D eigenvalue weighted by Crippen LogP contribution is -2.04. The summed E-state index contributed by atoms with van der Waals surface area (Å²) < 4.78 is 0. The Bertz CT molecular complexity index is 643. The van der Waals surface area contributed by atoms with Crippen LogP contribution < -0.4 is 5.43 Å². The second-order valence-electron chi connectivity index (χ2n) is 5.22. The molecule has 21 heavy (non-hydrogen) atoms. The van der Waals surface area contributed by atoms with Gasteiger partial charge in [0.05, 0.1) is 5.69 Å². The number of hydrazone groups is 1. The van der Waals surface area contributed by atoms with Crippen molar-refractivity contribution < 1.29 is 0 Å². The Labute approximate surface area is 129 Å². The molecule has 0 spiro atoms. The fourth-order valence-corrected chi connectivity index (χ4v) is 3.24. The quantitative estimate of drug-likeness (QED) is 0.496. The van der Waals surface area contributed by atoms with E-state index in [-0.39, 0.29) is 0 Å². The first-order chi connectivity index (χ1) is 10.3. The fourth-order valence-electron chi connectivity index (χ4n) is 2.46. The third kappa shape index (κ3) is 3.58. The standard InChI is InChI=1S/C17H19N3S/c1-13-16(15-10-6-3-7-11-15)19-17(21-13)20-18-12-14-8-4-2-5-9-14/h2-4,6-7,10-12,14H,5,8-9H2,1H3,(H,19,20)/b18-12+. The molecule has 3 rings (SSSR count). The summed E-state index contributed by atoms with van der Waals surface area (Å²) in [6.07, 6.45) is 9.94. The van der Waals surface area contributed by atoms with Gasteiger partial charge in [0.15, 0.2) is 0 Å². The van der Waals surface area contributed by atoms with Crippen LogP contribution in [0.25, 0.3) is 11.3 Å². The average molecular weight is 297 g/mol. The Kier molecular flexibility index (Phi) is 4.46. The van der Waals surface area contributed by atoms with Crippen LogP contribution in [0, 0.1) is 12.8 Å². The molecule has 1 unspecified atom stereocenters. The van der Waals surface area contributed by atoms with Crippen molar-refractivity contribution in [2.75, 3.05) is 5.43 Å². The zero-order valence-corrected chi connectivity index (χ0v) is 12.9. The highest BCUT2D eigenvalue weighted by Gasteiger charge is 2.09. The normalized spacial score (nSPS) is 18.2. The van der Waals surface area contributed by atoms with Crippen molar-refractivity contribution in [1.82, 2.24) is 4.98 Å². The second kappa shape index (κ2) is 6.68. The number of nitrogens with one attached hydrogen (secondary N) is 1.